The van der Waals surface area contributed by atoms with Gasteiger partial charge in [-0.3, -0.25) is 0 Å². The van der Waals surface area contributed by atoms with Crippen molar-refractivity contribution in [2.75, 3.05) is 13.1 Å². The van der Waals surface area contributed by atoms with Crippen molar-refractivity contribution in [2.24, 2.45) is 5.92 Å². The highest BCUT2D eigenvalue weighted by molar-refractivity contribution is 5.29. The molecule has 0 aliphatic carbocycles. The lowest BCUT2D eigenvalue weighted by Crippen LogP contribution is -2.35. The zero-order valence-electron chi connectivity index (χ0n) is 10.9. The van der Waals surface area contributed by atoms with Crippen molar-refractivity contribution in [3.05, 3.63) is 34.9 Å². The van der Waals surface area contributed by atoms with Gasteiger partial charge in [0.15, 0.2) is 0 Å². The lowest BCUT2D eigenvalue weighted by Gasteiger charge is -2.27. The third-order valence-electron chi connectivity index (χ3n) is 3.65. The van der Waals surface area contributed by atoms with E-state index < -0.39 is 0 Å². The van der Waals surface area contributed by atoms with Crippen LogP contribution in [-0.4, -0.2) is 24.3 Å². The number of hydrogen-bond donors (Lipinski definition) is 2. The van der Waals surface area contributed by atoms with Crippen LogP contribution in [0.15, 0.2) is 18.2 Å². The van der Waals surface area contributed by atoms with Gasteiger partial charge in [-0.1, -0.05) is 29.3 Å². The van der Waals surface area contributed by atoms with Crippen LogP contribution in [0.5, 0.6) is 0 Å². The Morgan fingerprint density at radius 2 is 1.76 bits per heavy atom. The lowest BCUT2D eigenvalue weighted by atomic mass is 9.88. The van der Waals surface area contributed by atoms with E-state index in [-0.39, 0.29) is 6.10 Å². The van der Waals surface area contributed by atoms with E-state index in [0.29, 0.717) is 5.92 Å². The van der Waals surface area contributed by atoms with E-state index in [1.54, 1.807) is 0 Å². The number of rotatable bonds is 3. The van der Waals surface area contributed by atoms with Crippen LogP contribution in [0.1, 0.15) is 29.5 Å². The lowest BCUT2D eigenvalue weighted by molar-refractivity contribution is 0.0890. The Labute approximate surface area is 104 Å². The molecule has 1 heterocycles. The van der Waals surface area contributed by atoms with E-state index in [2.05, 4.69) is 37.4 Å². The summed E-state index contributed by atoms with van der Waals surface area (Å²) in [6.45, 7) is 6.34. The van der Waals surface area contributed by atoms with Crippen molar-refractivity contribution in [3.63, 3.8) is 0 Å². The Morgan fingerprint density at radius 3 is 2.35 bits per heavy atom. The van der Waals surface area contributed by atoms with Crippen LogP contribution in [-0.2, 0) is 6.42 Å². The standard InChI is InChI=1S/C15H23NO/c1-11-7-12(2)9-13(8-11)10-15(17)14-3-5-16-6-4-14/h7-9,14-17H,3-6,10H2,1-2H3. The van der Waals surface area contributed by atoms with E-state index in [4.69, 9.17) is 0 Å². The number of nitrogens with one attached hydrogen (secondary N) is 1. The van der Waals surface area contributed by atoms with Crippen molar-refractivity contribution >= 4 is 0 Å². The minimum absolute atomic E-state index is 0.182. The van der Waals surface area contributed by atoms with Crippen molar-refractivity contribution in [2.45, 2.75) is 39.2 Å². The van der Waals surface area contributed by atoms with E-state index in [1.807, 2.05) is 0 Å². The fourth-order valence-electron chi connectivity index (χ4n) is 2.82. The van der Waals surface area contributed by atoms with Gasteiger partial charge in [0, 0.05) is 0 Å². The molecule has 94 valence electrons. The van der Waals surface area contributed by atoms with E-state index in [1.165, 1.54) is 16.7 Å². The summed E-state index contributed by atoms with van der Waals surface area (Å²) >= 11 is 0. The molecule has 1 aromatic rings. The predicted molar refractivity (Wildman–Crippen MR) is 71.2 cm³/mol. The van der Waals surface area contributed by atoms with Crippen LogP contribution in [0.25, 0.3) is 0 Å². The molecule has 2 heteroatoms. The van der Waals surface area contributed by atoms with Crippen LogP contribution in [0.3, 0.4) is 0 Å². The zero-order valence-corrected chi connectivity index (χ0v) is 10.9. The minimum Gasteiger partial charge on any atom is -0.392 e. The Bertz CT molecular complexity index is 349. The number of hydrogen-bond acceptors (Lipinski definition) is 2. The summed E-state index contributed by atoms with van der Waals surface area (Å²) in [5.74, 6) is 0.470. The van der Waals surface area contributed by atoms with Crippen molar-refractivity contribution < 1.29 is 5.11 Å². The van der Waals surface area contributed by atoms with Gasteiger partial charge in [0.2, 0.25) is 0 Å². The molecule has 2 nitrogen and oxygen atoms in total. The molecule has 0 saturated carbocycles. The van der Waals surface area contributed by atoms with Crippen molar-refractivity contribution in [1.29, 1.82) is 0 Å². The first-order valence-corrected chi connectivity index (χ1v) is 6.61. The largest absolute Gasteiger partial charge is 0.392 e. The molecule has 17 heavy (non-hydrogen) atoms. The number of aryl methyl sites for hydroxylation is 2. The molecule has 1 atom stereocenters. The van der Waals surface area contributed by atoms with Gasteiger partial charge in [0.25, 0.3) is 0 Å². The monoisotopic (exact) mass is 233 g/mol. The number of aliphatic hydroxyl groups excluding tert-OH is 1. The van der Waals surface area contributed by atoms with Gasteiger partial charge in [0.05, 0.1) is 6.10 Å². The Hall–Kier alpha value is -0.860. The smallest absolute Gasteiger partial charge is 0.0609 e. The van der Waals surface area contributed by atoms with Gasteiger partial charge in [-0.05, 0) is 57.7 Å². The van der Waals surface area contributed by atoms with Crippen LogP contribution in [0.4, 0.5) is 0 Å². The maximum atomic E-state index is 10.3. The highest BCUT2D eigenvalue weighted by Gasteiger charge is 2.21. The summed E-state index contributed by atoms with van der Waals surface area (Å²) in [5.41, 5.74) is 3.85. The second-order valence-corrected chi connectivity index (χ2v) is 5.35. The van der Waals surface area contributed by atoms with Crippen LogP contribution < -0.4 is 5.32 Å². The first-order chi connectivity index (χ1) is 8.15. The van der Waals surface area contributed by atoms with E-state index in [0.717, 1.165) is 32.4 Å². The first kappa shape index (κ1) is 12.6. The van der Waals surface area contributed by atoms with Crippen LogP contribution in [0, 0.1) is 19.8 Å². The molecular weight excluding hydrogens is 210 g/mol. The molecule has 1 saturated heterocycles. The third kappa shape index (κ3) is 3.55. The summed E-state index contributed by atoms with van der Waals surface area (Å²) in [7, 11) is 0. The molecule has 0 spiro atoms. The average molecular weight is 233 g/mol. The highest BCUT2D eigenvalue weighted by Crippen LogP contribution is 2.20. The van der Waals surface area contributed by atoms with Gasteiger partial charge in [-0.25, -0.2) is 0 Å². The Kier molecular flexibility index (Phi) is 4.19. The average Bonchev–Trinajstić information content (AvgIpc) is 2.28. The summed E-state index contributed by atoms with van der Waals surface area (Å²) in [6.07, 6.45) is 2.82. The second-order valence-electron chi connectivity index (χ2n) is 5.35. The summed E-state index contributed by atoms with van der Waals surface area (Å²) in [5, 5.41) is 13.6. The molecule has 0 radical (unpaired) electrons. The molecule has 0 bridgehead atoms. The Balaban J connectivity index is 1.99. The molecule has 2 N–H and O–H groups in total. The van der Waals surface area contributed by atoms with Gasteiger partial charge in [0.1, 0.15) is 0 Å². The van der Waals surface area contributed by atoms with Crippen LogP contribution >= 0.6 is 0 Å². The molecule has 1 unspecified atom stereocenters. The maximum absolute atomic E-state index is 10.3. The van der Waals surface area contributed by atoms with Gasteiger partial charge < -0.3 is 10.4 Å². The summed E-state index contributed by atoms with van der Waals surface area (Å²) in [4.78, 5) is 0. The molecule has 2 rings (SSSR count). The molecular formula is C15H23NO. The van der Waals surface area contributed by atoms with Crippen molar-refractivity contribution in [3.8, 4) is 0 Å². The molecule has 0 amide bonds. The first-order valence-electron chi connectivity index (χ1n) is 6.61. The Morgan fingerprint density at radius 1 is 1.18 bits per heavy atom. The van der Waals surface area contributed by atoms with Gasteiger partial charge in [-0.2, -0.15) is 0 Å². The number of aliphatic hydroxyl groups is 1. The highest BCUT2D eigenvalue weighted by atomic mass is 16.3. The molecule has 1 aliphatic rings. The molecule has 1 aromatic carbocycles. The zero-order chi connectivity index (χ0) is 12.3. The topological polar surface area (TPSA) is 32.3 Å². The van der Waals surface area contributed by atoms with Crippen LogP contribution in [0.2, 0.25) is 0 Å². The fourth-order valence-corrected chi connectivity index (χ4v) is 2.82. The fraction of sp³-hybridized carbons (Fsp3) is 0.600. The SMILES string of the molecule is Cc1cc(C)cc(CC(O)C2CCNCC2)c1. The quantitative estimate of drug-likeness (QED) is 0.839. The van der Waals surface area contributed by atoms with E-state index in [9.17, 15) is 5.11 Å². The normalized spacial score (nSPS) is 19.2. The third-order valence-corrected chi connectivity index (χ3v) is 3.65. The second kappa shape index (κ2) is 5.65. The van der Waals surface area contributed by atoms with Crippen molar-refractivity contribution in [1.82, 2.24) is 5.32 Å². The maximum Gasteiger partial charge on any atom is 0.0609 e. The number of benzene rings is 1. The summed E-state index contributed by atoms with van der Waals surface area (Å²) < 4.78 is 0. The molecule has 0 aromatic heterocycles. The predicted octanol–water partition coefficient (Wildman–Crippen LogP) is 2.21. The van der Waals surface area contributed by atoms with Gasteiger partial charge in [-0.15, -0.1) is 0 Å². The van der Waals surface area contributed by atoms with E-state index >= 15 is 0 Å². The number of piperidine rings is 1. The molecule has 1 fully saturated rings. The van der Waals surface area contributed by atoms with Gasteiger partial charge >= 0.3 is 0 Å². The summed E-state index contributed by atoms with van der Waals surface area (Å²) in [6, 6.07) is 6.56. The minimum atomic E-state index is -0.182. The molecule has 1 aliphatic heterocycles.